The van der Waals surface area contributed by atoms with Crippen LogP contribution in [0.5, 0.6) is 5.75 Å². The summed E-state index contributed by atoms with van der Waals surface area (Å²) in [6.45, 7) is 2.52. The predicted octanol–water partition coefficient (Wildman–Crippen LogP) is 3.13. The van der Waals surface area contributed by atoms with Gasteiger partial charge in [-0.25, -0.2) is 4.98 Å². The molecule has 1 aliphatic rings. The molecule has 2 aromatic rings. The van der Waals surface area contributed by atoms with Gasteiger partial charge >= 0.3 is 5.97 Å². The van der Waals surface area contributed by atoms with Crippen LogP contribution in [0.3, 0.4) is 0 Å². The quantitative estimate of drug-likeness (QED) is 0.877. The zero-order valence-electron chi connectivity index (χ0n) is 12.7. The number of nitrogens with zero attached hydrogens (tertiary/aromatic N) is 1. The van der Waals surface area contributed by atoms with Gasteiger partial charge in [0.25, 0.3) is 0 Å². The van der Waals surface area contributed by atoms with Gasteiger partial charge in [-0.15, -0.1) is 0 Å². The van der Waals surface area contributed by atoms with E-state index in [-0.39, 0.29) is 11.8 Å². The molecule has 2 atom stereocenters. The number of carbonyl (C=O) groups is 2. The number of hydrogen-bond acceptors (Lipinski definition) is 5. The van der Waals surface area contributed by atoms with Crippen LogP contribution in [-0.2, 0) is 9.59 Å². The van der Waals surface area contributed by atoms with Gasteiger partial charge in [-0.2, -0.15) is 0 Å². The number of ether oxygens (including phenoxy) is 1. The molecular weight excluding hydrogens is 316 g/mol. The number of nitrogens with one attached hydrogen (secondary N) is 1. The van der Waals surface area contributed by atoms with Crippen molar-refractivity contribution < 1.29 is 19.4 Å². The van der Waals surface area contributed by atoms with Gasteiger partial charge in [-0.1, -0.05) is 11.3 Å². The van der Waals surface area contributed by atoms with Crippen LogP contribution in [0.4, 0.5) is 5.13 Å². The van der Waals surface area contributed by atoms with E-state index >= 15 is 0 Å². The number of carboxylic acids is 1. The molecule has 0 aliphatic heterocycles. The summed E-state index contributed by atoms with van der Waals surface area (Å²) in [5.74, 6) is -0.833. The summed E-state index contributed by atoms with van der Waals surface area (Å²) in [7, 11) is 0. The third-order valence-corrected chi connectivity index (χ3v) is 4.99. The van der Waals surface area contributed by atoms with Crippen molar-refractivity contribution in [2.24, 2.45) is 11.8 Å². The van der Waals surface area contributed by atoms with Gasteiger partial charge in [0.15, 0.2) is 5.13 Å². The van der Waals surface area contributed by atoms with Crippen molar-refractivity contribution in [1.29, 1.82) is 0 Å². The van der Waals surface area contributed by atoms with E-state index in [1.165, 1.54) is 11.3 Å². The molecule has 2 N–H and O–H groups in total. The fraction of sp³-hybridized carbons (Fsp3) is 0.438. The number of benzene rings is 1. The summed E-state index contributed by atoms with van der Waals surface area (Å²) in [5, 5.41) is 12.4. The summed E-state index contributed by atoms with van der Waals surface area (Å²) < 4.78 is 6.40. The molecule has 1 fully saturated rings. The third kappa shape index (κ3) is 3.44. The molecule has 122 valence electrons. The van der Waals surface area contributed by atoms with Crippen molar-refractivity contribution in [2.45, 2.75) is 26.2 Å². The van der Waals surface area contributed by atoms with Gasteiger partial charge in [0, 0.05) is 5.92 Å². The molecule has 1 heterocycles. The molecular formula is C16H18N2O4S. The van der Waals surface area contributed by atoms with E-state index in [2.05, 4.69) is 10.3 Å². The van der Waals surface area contributed by atoms with Crippen LogP contribution < -0.4 is 10.1 Å². The maximum absolute atomic E-state index is 12.3. The molecule has 1 amide bonds. The summed E-state index contributed by atoms with van der Waals surface area (Å²) >= 11 is 1.39. The Hall–Kier alpha value is -2.15. The minimum Gasteiger partial charge on any atom is -0.494 e. The van der Waals surface area contributed by atoms with E-state index in [0.29, 0.717) is 31.0 Å². The number of thiazole rings is 1. The van der Waals surface area contributed by atoms with Gasteiger partial charge < -0.3 is 15.2 Å². The van der Waals surface area contributed by atoms with Crippen LogP contribution in [0.1, 0.15) is 26.2 Å². The zero-order valence-corrected chi connectivity index (χ0v) is 13.6. The summed E-state index contributed by atoms with van der Waals surface area (Å²) in [6.07, 6.45) is 1.58. The molecule has 1 aliphatic carbocycles. The van der Waals surface area contributed by atoms with Crippen LogP contribution in [0, 0.1) is 11.8 Å². The SMILES string of the molecule is CCOc1ccc2nc(NC(=O)[C@H]3CC[C@H](C(=O)O)C3)sc2c1. The molecule has 0 radical (unpaired) electrons. The summed E-state index contributed by atoms with van der Waals surface area (Å²) in [5.41, 5.74) is 0.809. The number of aliphatic carboxylic acids is 1. The van der Waals surface area contributed by atoms with Crippen molar-refractivity contribution >= 4 is 38.6 Å². The Bertz CT molecular complexity index is 743. The number of anilines is 1. The second-order valence-corrected chi connectivity index (χ2v) is 6.65. The van der Waals surface area contributed by atoms with Crippen molar-refractivity contribution in [3.63, 3.8) is 0 Å². The second-order valence-electron chi connectivity index (χ2n) is 5.62. The van der Waals surface area contributed by atoms with Gasteiger partial charge in [-0.3, -0.25) is 9.59 Å². The van der Waals surface area contributed by atoms with E-state index in [9.17, 15) is 9.59 Å². The normalized spacial score (nSPS) is 20.6. The first-order valence-corrected chi connectivity index (χ1v) is 8.45. The lowest BCUT2D eigenvalue weighted by molar-refractivity contribution is -0.141. The van der Waals surface area contributed by atoms with E-state index in [1.807, 2.05) is 25.1 Å². The van der Waals surface area contributed by atoms with Gasteiger partial charge in [-0.05, 0) is 44.4 Å². The van der Waals surface area contributed by atoms with Crippen LogP contribution in [0.2, 0.25) is 0 Å². The van der Waals surface area contributed by atoms with Gasteiger partial charge in [0.1, 0.15) is 5.75 Å². The van der Waals surface area contributed by atoms with E-state index in [1.54, 1.807) is 0 Å². The highest BCUT2D eigenvalue weighted by molar-refractivity contribution is 7.22. The minimum absolute atomic E-state index is 0.141. The smallest absolute Gasteiger partial charge is 0.306 e. The van der Waals surface area contributed by atoms with Crippen molar-refractivity contribution in [3.05, 3.63) is 18.2 Å². The predicted molar refractivity (Wildman–Crippen MR) is 87.9 cm³/mol. The Morgan fingerprint density at radius 2 is 2.17 bits per heavy atom. The zero-order chi connectivity index (χ0) is 16.4. The molecule has 1 aromatic heterocycles. The number of hydrogen-bond donors (Lipinski definition) is 2. The van der Waals surface area contributed by atoms with Crippen molar-refractivity contribution in [1.82, 2.24) is 4.98 Å². The van der Waals surface area contributed by atoms with Crippen molar-refractivity contribution in [3.8, 4) is 5.75 Å². The first kappa shape index (κ1) is 15.7. The topological polar surface area (TPSA) is 88.5 Å². The van der Waals surface area contributed by atoms with E-state index < -0.39 is 11.9 Å². The average molecular weight is 334 g/mol. The standard InChI is InChI=1S/C16H18N2O4S/c1-2-22-11-5-6-12-13(8-11)23-16(17-12)18-14(19)9-3-4-10(7-9)15(20)21/h5-6,8-10H,2-4,7H2,1H3,(H,20,21)(H,17,18,19)/t9-,10-/m0/s1. The molecule has 23 heavy (non-hydrogen) atoms. The Morgan fingerprint density at radius 1 is 1.39 bits per heavy atom. The van der Waals surface area contributed by atoms with Gasteiger partial charge in [0.2, 0.25) is 5.91 Å². The highest BCUT2D eigenvalue weighted by Gasteiger charge is 2.34. The second kappa shape index (κ2) is 6.54. The van der Waals surface area contributed by atoms with Crippen LogP contribution >= 0.6 is 11.3 Å². The van der Waals surface area contributed by atoms with Gasteiger partial charge in [0.05, 0.1) is 22.7 Å². The maximum atomic E-state index is 12.3. The Labute approximate surface area is 137 Å². The number of rotatable bonds is 5. The number of aromatic nitrogens is 1. The monoisotopic (exact) mass is 334 g/mol. The molecule has 1 saturated carbocycles. The third-order valence-electron chi connectivity index (χ3n) is 4.05. The lowest BCUT2D eigenvalue weighted by Crippen LogP contribution is -2.21. The summed E-state index contributed by atoms with van der Waals surface area (Å²) in [6, 6.07) is 5.62. The number of fused-ring (bicyclic) bond motifs is 1. The lowest BCUT2D eigenvalue weighted by Gasteiger charge is -2.08. The largest absolute Gasteiger partial charge is 0.494 e. The average Bonchev–Trinajstić information content (AvgIpc) is 3.13. The molecule has 1 aromatic carbocycles. The molecule has 0 spiro atoms. The number of amides is 1. The molecule has 0 bridgehead atoms. The van der Waals surface area contributed by atoms with E-state index in [4.69, 9.17) is 9.84 Å². The van der Waals surface area contributed by atoms with Crippen LogP contribution in [-0.4, -0.2) is 28.6 Å². The van der Waals surface area contributed by atoms with Crippen LogP contribution in [0.15, 0.2) is 18.2 Å². The number of carboxylic acid groups (broad SMARTS) is 1. The first-order chi connectivity index (χ1) is 11.1. The van der Waals surface area contributed by atoms with Crippen molar-refractivity contribution in [2.75, 3.05) is 11.9 Å². The maximum Gasteiger partial charge on any atom is 0.306 e. The fourth-order valence-electron chi connectivity index (χ4n) is 2.87. The molecule has 6 nitrogen and oxygen atoms in total. The van der Waals surface area contributed by atoms with Crippen LogP contribution in [0.25, 0.3) is 10.2 Å². The fourth-order valence-corrected chi connectivity index (χ4v) is 3.76. The molecule has 3 rings (SSSR count). The molecule has 0 unspecified atom stereocenters. The summed E-state index contributed by atoms with van der Waals surface area (Å²) in [4.78, 5) is 27.6. The highest BCUT2D eigenvalue weighted by Crippen LogP contribution is 2.33. The highest BCUT2D eigenvalue weighted by atomic mass is 32.1. The lowest BCUT2D eigenvalue weighted by atomic mass is 10.0. The Kier molecular flexibility index (Phi) is 4.47. The number of carbonyl (C=O) groups excluding carboxylic acids is 1. The minimum atomic E-state index is -0.816. The molecule has 0 saturated heterocycles. The Morgan fingerprint density at radius 3 is 2.87 bits per heavy atom. The molecule has 7 heteroatoms. The Balaban J connectivity index is 1.69. The first-order valence-electron chi connectivity index (χ1n) is 7.64. The van der Waals surface area contributed by atoms with E-state index in [0.717, 1.165) is 16.0 Å².